The molecule has 0 amide bonds. The average molecular weight is 248 g/mol. The number of carbonyl (C=O) groups excluding carboxylic acids is 1. The maximum atomic E-state index is 11.7. The fraction of sp³-hybridized carbons (Fsp3) is 0.941. The van der Waals surface area contributed by atoms with Crippen LogP contribution in [0.4, 0.5) is 0 Å². The molecule has 0 radical (unpaired) electrons. The summed E-state index contributed by atoms with van der Waals surface area (Å²) in [7, 11) is 0. The summed E-state index contributed by atoms with van der Waals surface area (Å²) < 4.78 is 0. The van der Waals surface area contributed by atoms with Gasteiger partial charge in [-0.15, -0.1) is 0 Å². The summed E-state index contributed by atoms with van der Waals surface area (Å²) in [6, 6.07) is 0. The Labute approximate surface area is 112 Å². The molecule has 1 nitrogen and oxygen atoms in total. The van der Waals surface area contributed by atoms with Crippen LogP contribution in [-0.4, -0.2) is 5.78 Å². The average Bonchev–Trinajstić information content (AvgIpc) is 2.27. The highest BCUT2D eigenvalue weighted by Gasteiger charge is 2.55. The van der Waals surface area contributed by atoms with Gasteiger partial charge >= 0.3 is 0 Å². The quantitative estimate of drug-likeness (QED) is 0.612. The Morgan fingerprint density at radius 2 is 1.83 bits per heavy atom. The first kappa shape index (κ1) is 12.7. The Kier molecular flexibility index (Phi) is 2.88. The standard InChI is InChI=1S/C17H28O/c1-16(2)9-4-10-17(3)14-7-6-13(18)11-12(14)5-8-15(16)17/h12,14-15H,4-11H2,1-3H3/t12-,14-,15?,17+/m0/s1. The molecule has 4 atom stereocenters. The second kappa shape index (κ2) is 4.08. The molecule has 0 saturated heterocycles. The number of hydrogen-bond donors (Lipinski definition) is 0. The third-order valence-electron chi connectivity index (χ3n) is 6.74. The number of rotatable bonds is 0. The fourth-order valence-electron chi connectivity index (χ4n) is 5.97. The molecule has 0 N–H and O–H groups in total. The van der Waals surface area contributed by atoms with Gasteiger partial charge in [0.2, 0.25) is 0 Å². The third kappa shape index (κ3) is 1.77. The molecule has 3 fully saturated rings. The van der Waals surface area contributed by atoms with Gasteiger partial charge in [0.25, 0.3) is 0 Å². The van der Waals surface area contributed by atoms with Crippen LogP contribution >= 0.6 is 0 Å². The summed E-state index contributed by atoms with van der Waals surface area (Å²) in [6.07, 6.45) is 9.86. The van der Waals surface area contributed by atoms with Crippen molar-refractivity contribution in [3.05, 3.63) is 0 Å². The van der Waals surface area contributed by atoms with Crippen molar-refractivity contribution >= 4 is 5.78 Å². The Bertz CT molecular complexity index is 357. The first-order valence-electron chi connectivity index (χ1n) is 7.95. The van der Waals surface area contributed by atoms with Gasteiger partial charge < -0.3 is 0 Å². The second-order valence-electron chi connectivity index (χ2n) is 8.13. The fourth-order valence-corrected chi connectivity index (χ4v) is 5.97. The van der Waals surface area contributed by atoms with E-state index in [2.05, 4.69) is 20.8 Å². The predicted molar refractivity (Wildman–Crippen MR) is 74.3 cm³/mol. The number of fused-ring (bicyclic) bond motifs is 3. The summed E-state index contributed by atoms with van der Waals surface area (Å²) in [4.78, 5) is 11.7. The molecule has 0 aromatic rings. The van der Waals surface area contributed by atoms with Gasteiger partial charge in [0.1, 0.15) is 5.78 Å². The third-order valence-corrected chi connectivity index (χ3v) is 6.74. The van der Waals surface area contributed by atoms with E-state index < -0.39 is 0 Å². The van der Waals surface area contributed by atoms with Crippen LogP contribution in [0.15, 0.2) is 0 Å². The molecular formula is C17H28O. The normalized spacial score (nSPS) is 47.3. The Morgan fingerprint density at radius 3 is 2.61 bits per heavy atom. The van der Waals surface area contributed by atoms with E-state index in [9.17, 15) is 4.79 Å². The maximum absolute atomic E-state index is 11.7. The highest BCUT2D eigenvalue weighted by molar-refractivity contribution is 5.79. The van der Waals surface area contributed by atoms with Gasteiger partial charge in [-0.25, -0.2) is 0 Å². The zero-order chi connectivity index (χ0) is 13.0. The first-order valence-corrected chi connectivity index (χ1v) is 7.95. The zero-order valence-corrected chi connectivity index (χ0v) is 12.3. The molecule has 3 aliphatic rings. The van der Waals surface area contributed by atoms with E-state index in [1.165, 1.54) is 38.5 Å². The number of Topliss-reactive ketones (excluding diaryl/α,β-unsaturated/α-hetero) is 1. The van der Waals surface area contributed by atoms with Crippen molar-refractivity contribution < 1.29 is 4.79 Å². The SMILES string of the molecule is CC1(C)CCC[C@@]2(C)C1CC[C@H]1CC(=O)CC[C@@H]12. The zero-order valence-electron chi connectivity index (χ0n) is 12.3. The number of carbonyl (C=O) groups is 1. The van der Waals surface area contributed by atoms with E-state index in [0.717, 1.165) is 30.6 Å². The Hall–Kier alpha value is -0.330. The molecule has 1 heteroatoms. The summed E-state index contributed by atoms with van der Waals surface area (Å²) in [6.45, 7) is 7.54. The lowest BCUT2D eigenvalue weighted by Crippen LogP contribution is -2.52. The highest BCUT2D eigenvalue weighted by Crippen LogP contribution is 2.63. The smallest absolute Gasteiger partial charge is 0.133 e. The van der Waals surface area contributed by atoms with Gasteiger partial charge in [0, 0.05) is 12.8 Å². The van der Waals surface area contributed by atoms with Crippen molar-refractivity contribution in [2.24, 2.45) is 28.6 Å². The molecular weight excluding hydrogens is 220 g/mol. The number of hydrogen-bond acceptors (Lipinski definition) is 1. The molecule has 3 saturated carbocycles. The van der Waals surface area contributed by atoms with Crippen LogP contribution in [0.5, 0.6) is 0 Å². The lowest BCUT2D eigenvalue weighted by atomic mass is 9.45. The van der Waals surface area contributed by atoms with Crippen molar-refractivity contribution in [3.63, 3.8) is 0 Å². The summed E-state index contributed by atoms with van der Waals surface area (Å²) in [5, 5.41) is 0. The molecule has 0 heterocycles. The highest BCUT2D eigenvalue weighted by atomic mass is 16.1. The van der Waals surface area contributed by atoms with E-state index >= 15 is 0 Å². The van der Waals surface area contributed by atoms with Crippen molar-refractivity contribution in [2.75, 3.05) is 0 Å². The van der Waals surface area contributed by atoms with Crippen LogP contribution < -0.4 is 0 Å². The molecule has 102 valence electrons. The first-order chi connectivity index (χ1) is 8.43. The van der Waals surface area contributed by atoms with Crippen molar-refractivity contribution in [2.45, 2.75) is 72.1 Å². The largest absolute Gasteiger partial charge is 0.300 e. The molecule has 1 unspecified atom stereocenters. The van der Waals surface area contributed by atoms with E-state index in [1.807, 2.05) is 0 Å². The maximum Gasteiger partial charge on any atom is 0.133 e. The minimum atomic E-state index is 0.527. The van der Waals surface area contributed by atoms with Gasteiger partial charge in [0.05, 0.1) is 0 Å². The topological polar surface area (TPSA) is 17.1 Å². The van der Waals surface area contributed by atoms with Crippen LogP contribution in [-0.2, 0) is 4.79 Å². The summed E-state index contributed by atoms with van der Waals surface area (Å²) >= 11 is 0. The van der Waals surface area contributed by atoms with Gasteiger partial charge in [-0.05, 0) is 60.7 Å². The van der Waals surface area contributed by atoms with Crippen molar-refractivity contribution in [3.8, 4) is 0 Å². The summed E-state index contributed by atoms with van der Waals surface area (Å²) in [5.74, 6) is 3.00. The summed E-state index contributed by atoms with van der Waals surface area (Å²) in [5.41, 5.74) is 1.06. The van der Waals surface area contributed by atoms with E-state index in [0.29, 0.717) is 16.6 Å². The minimum Gasteiger partial charge on any atom is -0.300 e. The number of ketones is 1. The monoisotopic (exact) mass is 248 g/mol. The van der Waals surface area contributed by atoms with Gasteiger partial charge in [-0.1, -0.05) is 27.2 Å². The molecule has 3 rings (SSSR count). The van der Waals surface area contributed by atoms with Crippen molar-refractivity contribution in [1.29, 1.82) is 0 Å². The van der Waals surface area contributed by atoms with E-state index in [-0.39, 0.29) is 0 Å². The molecule has 0 spiro atoms. The predicted octanol–water partition coefficient (Wildman–Crippen LogP) is 4.60. The lowest BCUT2D eigenvalue weighted by molar-refractivity contribution is -0.136. The van der Waals surface area contributed by atoms with E-state index in [4.69, 9.17) is 0 Å². The molecule has 0 aromatic heterocycles. The van der Waals surface area contributed by atoms with Crippen LogP contribution in [0.1, 0.15) is 72.1 Å². The molecule has 18 heavy (non-hydrogen) atoms. The van der Waals surface area contributed by atoms with Crippen LogP contribution in [0.3, 0.4) is 0 Å². The minimum absolute atomic E-state index is 0.527. The molecule has 0 bridgehead atoms. The molecule has 0 aliphatic heterocycles. The van der Waals surface area contributed by atoms with Gasteiger partial charge in [0.15, 0.2) is 0 Å². The molecule has 3 aliphatic carbocycles. The van der Waals surface area contributed by atoms with Crippen LogP contribution in [0, 0.1) is 28.6 Å². The second-order valence-corrected chi connectivity index (χ2v) is 8.13. The van der Waals surface area contributed by atoms with E-state index in [1.54, 1.807) is 0 Å². The molecule has 0 aromatic carbocycles. The van der Waals surface area contributed by atoms with Crippen molar-refractivity contribution in [1.82, 2.24) is 0 Å². The Morgan fingerprint density at radius 1 is 1.06 bits per heavy atom. The van der Waals surface area contributed by atoms with Crippen LogP contribution in [0.25, 0.3) is 0 Å². The Balaban J connectivity index is 1.90. The van der Waals surface area contributed by atoms with Gasteiger partial charge in [-0.3, -0.25) is 4.79 Å². The van der Waals surface area contributed by atoms with Crippen LogP contribution in [0.2, 0.25) is 0 Å². The lowest BCUT2D eigenvalue weighted by Gasteiger charge is -2.60. The van der Waals surface area contributed by atoms with Gasteiger partial charge in [-0.2, -0.15) is 0 Å².